The maximum absolute atomic E-state index is 12.6. The van der Waals surface area contributed by atoms with E-state index in [9.17, 15) is 13.2 Å². The third-order valence-electron chi connectivity index (χ3n) is 4.68. The third kappa shape index (κ3) is 3.54. The minimum Gasteiger partial charge on any atom is -0.355 e. The molecule has 9 heteroatoms. The number of anilines is 1. The Morgan fingerprint density at radius 1 is 1.22 bits per heavy atom. The Bertz CT molecular complexity index is 1020. The van der Waals surface area contributed by atoms with Gasteiger partial charge in [-0.25, -0.2) is 4.98 Å². The van der Waals surface area contributed by atoms with E-state index in [1.807, 2.05) is 4.90 Å². The fourth-order valence-electron chi connectivity index (χ4n) is 3.38. The Balaban J connectivity index is 1.52. The third-order valence-corrected chi connectivity index (χ3v) is 6.23. The fraction of sp³-hybridized carbons (Fsp3) is 0.278. The first kappa shape index (κ1) is 17.9. The molecule has 1 saturated heterocycles. The maximum atomic E-state index is 12.6. The number of halogens is 1. The lowest BCUT2D eigenvalue weighted by molar-refractivity contribution is -0.121. The molecule has 2 aromatic rings. The van der Waals surface area contributed by atoms with Crippen molar-refractivity contribution in [2.24, 2.45) is 10.3 Å². The van der Waals surface area contributed by atoms with Crippen LogP contribution in [0.3, 0.4) is 0 Å². The number of hydrogen-bond acceptors (Lipinski definition) is 5. The number of rotatable bonds is 2. The number of hydrogen-bond donors (Lipinski definition) is 1. The Hall–Kier alpha value is -2.45. The summed E-state index contributed by atoms with van der Waals surface area (Å²) in [7, 11) is -3.67. The number of sulfonamides is 1. The van der Waals surface area contributed by atoms with E-state index in [1.165, 1.54) is 6.20 Å². The molecule has 2 aliphatic rings. The van der Waals surface area contributed by atoms with Crippen molar-refractivity contribution in [1.82, 2.24) is 9.88 Å². The van der Waals surface area contributed by atoms with Gasteiger partial charge in [0.15, 0.2) is 5.84 Å². The number of amidine groups is 1. The average molecular weight is 405 g/mol. The molecule has 0 radical (unpaired) electrons. The number of pyridine rings is 1. The first-order valence-electron chi connectivity index (χ1n) is 8.56. The van der Waals surface area contributed by atoms with Crippen LogP contribution in [0.15, 0.2) is 51.9 Å². The van der Waals surface area contributed by atoms with Crippen LogP contribution < -0.4 is 5.32 Å². The number of likely N-dealkylation sites (tertiary alicyclic amines) is 1. The van der Waals surface area contributed by atoms with E-state index in [1.54, 1.807) is 36.4 Å². The van der Waals surface area contributed by atoms with Crippen molar-refractivity contribution in [2.45, 2.75) is 17.7 Å². The van der Waals surface area contributed by atoms with Crippen molar-refractivity contribution in [3.05, 3.63) is 53.2 Å². The summed E-state index contributed by atoms with van der Waals surface area (Å²) in [5, 5.41) is 3.29. The molecule has 1 N–H and O–H groups in total. The highest BCUT2D eigenvalue weighted by Crippen LogP contribution is 2.30. The molecule has 2 aliphatic heterocycles. The first-order chi connectivity index (χ1) is 12.9. The predicted octanol–water partition coefficient (Wildman–Crippen LogP) is 2.53. The number of amides is 1. The van der Waals surface area contributed by atoms with Crippen molar-refractivity contribution in [3.8, 4) is 0 Å². The second-order valence-corrected chi connectivity index (χ2v) is 8.53. The maximum Gasteiger partial charge on any atom is 0.285 e. The highest BCUT2D eigenvalue weighted by Gasteiger charge is 2.35. The molecule has 1 fully saturated rings. The molecular weight excluding hydrogens is 388 g/mol. The Morgan fingerprint density at radius 2 is 2.04 bits per heavy atom. The van der Waals surface area contributed by atoms with E-state index in [-0.39, 0.29) is 16.7 Å². The number of benzene rings is 1. The van der Waals surface area contributed by atoms with Crippen LogP contribution in [0.4, 0.5) is 5.82 Å². The molecule has 27 heavy (non-hydrogen) atoms. The summed E-state index contributed by atoms with van der Waals surface area (Å²) in [6, 6.07) is 10.1. The SMILES string of the molecule is O=C(Nc1ccc(Cl)cn1)C1CCCN(C2=NS(=O)(=O)c3ccccc32)C1. The summed E-state index contributed by atoms with van der Waals surface area (Å²) in [6.45, 7) is 1.06. The highest BCUT2D eigenvalue weighted by molar-refractivity contribution is 7.90. The molecule has 0 aliphatic carbocycles. The molecule has 1 atom stereocenters. The molecule has 1 amide bonds. The number of nitrogens with zero attached hydrogens (tertiary/aromatic N) is 3. The molecule has 4 rings (SSSR count). The topological polar surface area (TPSA) is 91.7 Å². The Morgan fingerprint density at radius 3 is 2.81 bits per heavy atom. The monoisotopic (exact) mass is 404 g/mol. The number of piperidine rings is 1. The van der Waals surface area contributed by atoms with Crippen LogP contribution in [0.2, 0.25) is 5.02 Å². The van der Waals surface area contributed by atoms with E-state index in [0.717, 1.165) is 12.8 Å². The van der Waals surface area contributed by atoms with Crippen LogP contribution in [-0.4, -0.2) is 43.1 Å². The molecule has 1 unspecified atom stereocenters. The summed E-state index contributed by atoms with van der Waals surface area (Å²) in [6.07, 6.45) is 2.96. The molecule has 0 bridgehead atoms. The van der Waals surface area contributed by atoms with E-state index in [4.69, 9.17) is 11.6 Å². The molecule has 7 nitrogen and oxygen atoms in total. The van der Waals surface area contributed by atoms with Gasteiger partial charge < -0.3 is 10.2 Å². The van der Waals surface area contributed by atoms with Gasteiger partial charge in [0.2, 0.25) is 5.91 Å². The van der Waals surface area contributed by atoms with E-state index in [2.05, 4.69) is 14.7 Å². The lowest BCUT2D eigenvalue weighted by Crippen LogP contribution is -2.43. The molecule has 0 saturated carbocycles. The molecule has 140 valence electrons. The van der Waals surface area contributed by atoms with Crippen molar-refractivity contribution in [2.75, 3.05) is 18.4 Å². The van der Waals surface area contributed by atoms with Crippen LogP contribution in [0.25, 0.3) is 0 Å². The number of nitrogens with one attached hydrogen (secondary N) is 1. The van der Waals surface area contributed by atoms with Crippen LogP contribution in [0.1, 0.15) is 18.4 Å². The van der Waals surface area contributed by atoms with Crippen molar-refractivity contribution in [3.63, 3.8) is 0 Å². The molecule has 3 heterocycles. The zero-order chi connectivity index (χ0) is 19.0. The quantitative estimate of drug-likeness (QED) is 0.830. The van der Waals surface area contributed by atoms with Gasteiger partial charge in [-0.3, -0.25) is 4.79 Å². The normalized spacial score (nSPS) is 20.7. The van der Waals surface area contributed by atoms with Crippen LogP contribution >= 0.6 is 11.6 Å². The second-order valence-electron chi connectivity index (χ2n) is 6.52. The van der Waals surface area contributed by atoms with Gasteiger partial charge in [0, 0.05) is 24.8 Å². The van der Waals surface area contributed by atoms with Gasteiger partial charge in [-0.1, -0.05) is 23.7 Å². The van der Waals surface area contributed by atoms with Crippen LogP contribution in [-0.2, 0) is 14.8 Å². The van der Waals surface area contributed by atoms with Crippen LogP contribution in [0, 0.1) is 5.92 Å². The fourth-order valence-corrected chi connectivity index (χ4v) is 4.72. The van der Waals surface area contributed by atoms with Crippen LogP contribution in [0.5, 0.6) is 0 Å². The van der Waals surface area contributed by atoms with Crippen molar-refractivity contribution < 1.29 is 13.2 Å². The van der Waals surface area contributed by atoms with Gasteiger partial charge in [-0.05, 0) is 37.1 Å². The van der Waals surface area contributed by atoms with Gasteiger partial charge in [0.25, 0.3) is 10.0 Å². The van der Waals surface area contributed by atoms with Gasteiger partial charge in [0.05, 0.1) is 10.9 Å². The number of fused-ring (bicyclic) bond motifs is 1. The van der Waals surface area contributed by atoms with E-state index < -0.39 is 10.0 Å². The number of aromatic nitrogens is 1. The summed E-state index contributed by atoms with van der Waals surface area (Å²) < 4.78 is 28.5. The average Bonchev–Trinajstić information content (AvgIpc) is 2.95. The Kier molecular flexibility index (Phi) is 4.61. The summed E-state index contributed by atoms with van der Waals surface area (Å²) in [5.74, 6) is 0.430. The lowest BCUT2D eigenvalue weighted by Gasteiger charge is -2.33. The van der Waals surface area contributed by atoms with Crippen molar-refractivity contribution in [1.29, 1.82) is 0 Å². The molecular formula is C18H17ClN4O3S. The predicted molar refractivity (Wildman–Crippen MR) is 102 cm³/mol. The van der Waals surface area contributed by atoms with Gasteiger partial charge in [-0.15, -0.1) is 4.40 Å². The van der Waals surface area contributed by atoms with Gasteiger partial charge in [0.1, 0.15) is 10.7 Å². The minimum absolute atomic E-state index is 0.149. The minimum atomic E-state index is -3.67. The number of carbonyl (C=O) groups excluding carboxylic acids is 1. The Labute approximate surface area is 162 Å². The van der Waals surface area contributed by atoms with Crippen molar-refractivity contribution >= 4 is 39.2 Å². The summed E-state index contributed by atoms with van der Waals surface area (Å²) in [5.41, 5.74) is 0.595. The standard InChI is InChI=1S/C18H17ClN4O3S/c19-13-7-8-16(20-10-13)21-18(24)12-4-3-9-23(11-12)17-14-5-1-2-6-15(14)27(25,26)22-17/h1-2,5-8,10,12H,3-4,9,11H2,(H,20,21,24). The zero-order valence-electron chi connectivity index (χ0n) is 14.3. The molecule has 1 aromatic heterocycles. The second kappa shape index (κ2) is 6.94. The van der Waals surface area contributed by atoms with E-state index >= 15 is 0 Å². The summed E-state index contributed by atoms with van der Waals surface area (Å²) >= 11 is 5.81. The smallest absolute Gasteiger partial charge is 0.285 e. The van der Waals surface area contributed by atoms with Gasteiger partial charge in [-0.2, -0.15) is 8.42 Å². The molecule has 0 spiro atoms. The first-order valence-corrected chi connectivity index (χ1v) is 10.4. The molecule has 1 aromatic carbocycles. The zero-order valence-corrected chi connectivity index (χ0v) is 15.9. The highest BCUT2D eigenvalue weighted by atomic mass is 35.5. The lowest BCUT2D eigenvalue weighted by atomic mass is 9.96. The van der Waals surface area contributed by atoms with Gasteiger partial charge >= 0.3 is 0 Å². The number of carbonyl (C=O) groups is 1. The summed E-state index contributed by atoms with van der Waals surface area (Å²) in [4.78, 5) is 18.8. The van der Waals surface area contributed by atoms with E-state index in [0.29, 0.717) is 35.3 Å². The largest absolute Gasteiger partial charge is 0.355 e.